The molecule has 1 aliphatic rings. The molecule has 0 spiro atoms. The number of hydrogen-bond acceptors (Lipinski definition) is 5. The summed E-state index contributed by atoms with van der Waals surface area (Å²) in [6, 6.07) is 0. The Labute approximate surface area is 46.2 Å². The van der Waals surface area contributed by atoms with Crippen LogP contribution in [0.25, 0.3) is 0 Å². The summed E-state index contributed by atoms with van der Waals surface area (Å²) >= 11 is 0. The van der Waals surface area contributed by atoms with Crippen LogP contribution >= 0.6 is 0 Å². The molecule has 0 bridgehead atoms. The molecule has 0 atom stereocenters. The summed E-state index contributed by atoms with van der Waals surface area (Å²) in [5.41, 5.74) is 14.7. The molecule has 8 heavy (non-hydrogen) atoms. The average Bonchev–Trinajstić information content (AvgIpc) is 1.86. The van der Waals surface area contributed by atoms with Crippen LogP contribution in [-0.2, 0) is 0 Å². The van der Waals surface area contributed by atoms with Crippen molar-refractivity contribution in [1.29, 1.82) is 0 Å². The summed E-state index contributed by atoms with van der Waals surface area (Å²) in [6.07, 6.45) is 1.29. The maximum absolute atomic E-state index is 5.29. The first kappa shape index (κ1) is 5.20. The Balaban J connectivity index is 2.87. The van der Waals surface area contributed by atoms with Crippen molar-refractivity contribution >= 4 is 12.1 Å². The third-order valence-electron chi connectivity index (χ3n) is 0.880. The molecule has 1 rings (SSSR count). The van der Waals surface area contributed by atoms with E-state index >= 15 is 0 Å². The van der Waals surface area contributed by atoms with Crippen LogP contribution in [0.4, 0.5) is 0 Å². The van der Waals surface area contributed by atoms with Crippen molar-refractivity contribution in [3.05, 3.63) is 0 Å². The van der Waals surface area contributed by atoms with Gasteiger partial charge in [0.2, 0.25) is 0 Å². The highest BCUT2D eigenvalue weighted by molar-refractivity contribution is 6.07. The molecule has 0 aromatic carbocycles. The molecule has 0 saturated carbocycles. The molecule has 44 valence electrons. The van der Waals surface area contributed by atoms with E-state index in [0.29, 0.717) is 0 Å². The van der Waals surface area contributed by atoms with Gasteiger partial charge in [-0.1, -0.05) is 0 Å². The standard InChI is InChI=1S/C3H7N5/c4-2-3(5,6)1-7-8-2/h1H,5-6H2,(H2,4,8). The largest absolute Gasteiger partial charge is 0.383 e. The van der Waals surface area contributed by atoms with Crippen LogP contribution in [0.15, 0.2) is 10.2 Å². The molecule has 0 aliphatic carbocycles. The van der Waals surface area contributed by atoms with Crippen molar-refractivity contribution in [3.8, 4) is 0 Å². The lowest BCUT2D eigenvalue weighted by atomic mass is 10.2. The van der Waals surface area contributed by atoms with Gasteiger partial charge in [-0.2, -0.15) is 5.10 Å². The fourth-order valence-corrected chi connectivity index (χ4v) is 0.339. The van der Waals surface area contributed by atoms with Crippen LogP contribution < -0.4 is 17.2 Å². The highest BCUT2D eigenvalue weighted by Gasteiger charge is 2.25. The topological polar surface area (TPSA) is 103 Å². The van der Waals surface area contributed by atoms with Crippen molar-refractivity contribution in [2.45, 2.75) is 5.66 Å². The fourth-order valence-electron chi connectivity index (χ4n) is 0.339. The van der Waals surface area contributed by atoms with Gasteiger partial charge in [0.25, 0.3) is 0 Å². The van der Waals surface area contributed by atoms with Gasteiger partial charge in [-0.3, -0.25) is 0 Å². The molecule has 1 aliphatic heterocycles. The zero-order valence-electron chi connectivity index (χ0n) is 4.20. The molecule has 6 N–H and O–H groups in total. The minimum absolute atomic E-state index is 0.150. The lowest BCUT2D eigenvalue weighted by Gasteiger charge is -2.11. The van der Waals surface area contributed by atoms with Crippen LogP contribution in [0.3, 0.4) is 0 Å². The van der Waals surface area contributed by atoms with Gasteiger partial charge in [0.1, 0.15) is 0 Å². The van der Waals surface area contributed by atoms with E-state index in [1.165, 1.54) is 6.21 Å². The molecule has 0 aromatic rings. The number of nitrogens with two attached hydrogens (primary N) is 3. The smallest absolute Gasteiger partial charge is 0.163 e. The van der Waals surface area contributed by atoms with Crippen molar-refractivity contribution in [3.63, 3.8) is 0 Å². The lowest BCUT2D eigenvalue weighted by molar-refractivity contribution is 0.807. The van der Waals surface area contributed by atoms with E-state index in [0.717, 1.165) is 0 Å². The summed E-state index contributed by atoms with van der Waals surface area (Å²) in [5.74, 6) is 0.150. The molecular weight excluding hydrogens is 106 g/mol. The van der Waals surface area contributed by atoms with E-state index < -0.39 is 5.66 Å². The van der Waals surface area contributed by atoms with Crippen LogP contribution in [0.5, 0.6) is 0 Å². The van der Waals surface area contributed by atoms with Crippen molar-refractivity contribution < 1.29 is 0 Å². The molecule has 0 saturated heterocycles. The molecule has 0 unspecified atom stereocenters. The summed E-state index contributed by atoms with van der Waals surface area (Å²) in [7, 11) is 0. The monoisotopic (exact) mass is 113 g/mol. The van der Waals surface area contributed by atoms with Crippen molar-refractivity contribution in [2.24, 2.45) is 27.4 Å². The number of rotatable bonds is 0. The first-order valence-corrected chi connectivity index (χ1v) is 2.09. The second-order valence-corrected chi connectivity index (χ2v) is 1.66. The lowest BCUT2D eigenvalue weighted by Crippen LogP contribution is -2.59. The van der Waals surface area contributed by atoms with Crippen molar-refractivity contribution in [2.75, 3.05) is 0 Å². The van der Waals surface area contributed by atoms with Gasteiger partial charge in [0, 0.05) is 0 Å². The van der Waals surface area contributed by atoms with E-state index in [2.05, 4.69) is 10.2 Å². The molecule has 0 amide bonds. The van der Waals surface area contributed by atoms with E-state index in [1.807, 2.05) is 0 Å². The van der Waals surface area contributed by atoms with Gasteiger partial charge in [0.15, 0.2) is 11.5 Å². The second kappa shape index (κ2) is 1.27. The van der Waals surface area contributed by atoms with Gasteiger partial charge in [0.05, 0.1) is 6.21 Å². The molecule has 5 heteroatoms. The summed E-state index contributed by atoms with van der Waals surface area (Å²) in [4.78, 5) is 0. The minimum atomic E-state index is -1.11. The Kier molecular flexibility index (Phi) is 0.825. The Morgan fingerprint density at radius 1 is 1.50 bits per heavy atom. The SMILES string of the molecule is NC1=NN=CC1(N)N. The van der Waals surface area contributed by atoms with Crippen molar-refractivity contribution in [1.82, 2.24) is 0 Å². The Morgan fingerprint density at radius 2 is 2.12 bits per heavy atom. The quantitative estimate of drug-likeness (QED) is 0.315. The normalized spacial score (nSPS) is 23.5. The number of nitrogens with zero attached hydrogens (tertiary/aromatic N) is 2. The van der Waals surface area contributed by atoms with Crippen LogP contribution in [0.1, 0.15) is 0 Å². The fraction of sp³-hybridized carbons (Fsp3) is 0.333. The van der Waals surface area contributed by atoms with E-state index in [1.54, 1.807) is 0 Å². The summed E-state index contributed by atoms with van der Waals surface area (Å²) < 4.78 is 0. The van der Waals surface area contributed by atoms with E-state index in [9.17, 15) is 0 Å². The van der Waals surface area contributed by atoms with Gasteiger partial charge < -0.3 is 17.2 Å². The summed E-state index contributed by atoms with van der Waals surface area (Å²) in [5, 5.41) is 6.81. The molecule has 1 heterocycles. The molecule has 0 radical (unpaired) electrons. The van der Waals surface area contributed by atoms with Gasteiger partial charge in [-0.25, -0.2) is 0 Å². The highest BCUT2D eigenvalue weighted by Crippen LogP contribution is 1.94. The van der Waals surface area contributed by atoms with Gasteiger partial charge in [-0.05, 0) is 0 Å². The third-order valence-corrected chi connectivity index (χ3v) is 0.880. The molecule has 5 nitrogen and oxygen atoms in total. The highest BCUT2D eigenvalue weighted by atomic mass is 15.3. The first-order chi connectivity index (χ1) is 3.63. The van der Waals surface area contributed by atoms with Gasteiger partial charge >= 0.3 is 0 Å². The van der Waals surface area contributed by atoms with Gasteiger partial charge in [-0.15, -0.1) is 5.10 Å². The molecule has 0 fully saturated rings. The van der Waals surface area contributed by atoms with Crippen LogP contribution in [0, 0.1) is 0 Å². The predicted octanol–water partition coefficient (Wildman–Crippen LogP) is -2.04. The van der Waals surface area contributed by atoms with E-state index in [-0.39, 0.29) is 5.84 Å². The van der Waals surface area contributed by atoms with Crippen LogP contribution in [-0.4, -0.2) is 17.7 Å². The van der Waals surface area contributed by atoms with Crippen LogP contribution in [0.2, 0.25) is 0 Å². The maximum atomic E-state index is 5.29. The molecular formula is C3H7N5. The predicted molar refractivity (Wildman–Crippen MR) is 31.2 cm³/mol. The number of hydrogen-bond donors (Lipinski definition) is 3. The first-order valence-electron chi connectivity index (χ1n) is 2.09. The maximum Gasteiger partial charge on any atom is 0.163 e. The minimum Gasteiger partial charge on any atom is -0.383 e. The Bertz CT molecular complexity index is 155. The molecule has 0 aromatic heterocycles. The average molecular weight is 113 g/mol. The summed E-state index contributed by atoms with van der Waals surface area (Å²) in [6.45, 7) is 0. The number of amidine groups is 1. The Hall–Kier alpha value is -0.940. The second-order valence-electron chi connectivity index (χ2n) is 1.66. The van der Waals surface area contributed by atoms with E-state index in [4.69, 9.17) is 17.2 Å². The zero-order chi connectivity index (χ0) is 6.20. The zero-order valence-corrected chi connectivity index (χ0v) is 4.20. The third kappa shape index (κ3) is 0.573. The Morgan fingerprint density at radius 3 is 2.25 bits per heavy atom.